The fraction of sp³-hybridized carbons (Fsp3) is 0.188. The van der Waals surface area contributed by atoms with Crippen LogP contribution in [-0.4, -0.2) is 15.9 Å². The maximum Gasteiger partial charge on any atom is 0.137 e. The largest absolute Gasteiger partial charge is 0.330 e. The maximum atomic E-state index is 5.96. The van der Waals surface area contributed by atoms with Gasteiger partial charge in [0.1, 0.15) is 5.65 Å². The average Bonchev–Trinajstić information content (AvgIpc) is 2.80. The number of aryl methyl sites for hydroxylation is 1. The lowest BCUT2D eigenvalue weighted by molar-refractivity contribution is 0.892. The van der Waals surface area contributed by atoms with Crippen molar-refractivity contribution in [3.05, 3.63) is 58.9 Å². The molecule has 3 nitrogen and oxygen atoms in total. The topological polar surface area (TPSA) is 43.3 Å². The van der Waals surface area contributed by atoms with Crippen LogP contribution >= 0.6 is 11.6 Å². The SMILES string of the molecule is Cc1cccc2nc(-c3ccc(Cl)cc3)c(CCN)n12. The molecule has 4 heteroatoms. The number of pyridine rings is 1. The summed E-state index contributed by atoms with van der Waals surface area (Å²) in [5, 5.41) is 0.731. The zero-order chi connectivity index (χ0) is 14.1. The second-order valence-corrected chi connectivity index (χ2v) is 5.25. The number of rotatable bonds is 3. The van der Waals surface area contributed by atoms with Crippen LogP contribution in [0.3, 0.4) is 0 Å². The van der Waals surface area contributed by atoms with Crippen molar-refractivity contribution < 1.29 is 0 Å². The number of nitrogens with zero attached hydrogens (tertiary/aromatic N) is 2. The van der Waals surface area contributed by atoms with Gasteiger partial charge in [-0.3, -0.25) is 0 Å². The number of hydrogen-bond acceptors (Lipinski definition) is 2. The first kappa shape index (κ1) is 13.2. The van der Waals surface area contributed by atoms with Crippen LogP contribution in [0.25, 0.3) is 16.9 Å². The van der Waals surface area contributed by atoms with Crippen LogP contribution in [-0.2, 0) is 6.42 Å². The molecule has 2 aromatic heterocycles. The smallest absolute Gasteiger partial charge is 0.137 e. The summed E-state index contributed by atoms with van der Waals surface area (Å²) in [5.41, 5.74) is 11.1. The van der Waals surface area contributed by atoms with Gasteiger partial charge in [0.25, 0.3) is 0 Å². The summed E-state index contributed by atoms with van der Waals surface area (Å²) in [6.45, 7) is 2.68. The van der Waals surface area contributed by atoms with E-state index in [9.17, 15) is 0 Å². The van der Waals surface area contributed by atoms with Crippen molar-refractivity contribution >= 4 is 17.2 Å². The predicted octanol–water partition coefficient (Wildman–Crippen LogP) is 3.46. The van der Waals surface area contributed by atoms with E-state index in [1.807, 2.05) is 36.4 Å². The summed E-state index contributed by atoms with van der Waals surface area (Å²) < 4.78 is 2.18. The van der Waals surface area contributed by atoms with E-state index >= 15 is 0 Å². The van der Waals surface area contributed by atoms with Gasteiger partial charge in [0, 0.05) is 22.7 Å². The molecule has 102 valence electrons. The molecule has 0 saturated carbocycles. The molecule has 0 spiro atoms. The molecule has 0 saturated heterocycles. The lowest BCUT2D eigenvalue weighted by Gasteiger charge is -2.06. The van der Waals surface area contributed by atoms with Crippen LogP contribution in [0, 0.1) is 6.92 Å². The minimum absolute atomic E-state index is 0.600. The Morgan fingerprint density at radius 3 is 2.60 bits per heavy atom. The van der Waals surface area contributed by atoms with Crippen LogP contribution < -0.4 is 5.73 Å². The van der Waals surface area contributed by atoms with Crippen LogP contribution in [0.15, 0.2) is 42.5 Å². The third-order valence-electron chi connectivity index (χ3n) is 3.43. The molecule has 0 bridgehead atoms. The summed E-state index contributed by atoms with van der Waals surface area (Å²) in [5.74, 6) is 0. The Bertz CT molecular complexity index is 744. The Balaban J connectivity index is 2.26. The Hall–Kier alpha value is -1.84. The van der Waals surface area contributed by atoms with E-state index in [2.05, 4.69) is 17.4 Å². The van der Waals surface area contributed by atoms with Crippen molar-refractivity contribution in [3.8, 4) is 11.3 Å². The fourth-order valence-electron chi connectivity index (χ4n) is 2.53. The number of fused-ring (bicyclic) bond motifs is 1. The van der Waals surface area contributed by atoms with Crippen molar-refractivity contribution in [2.75, 3.05) is 6.54 Å². The Morgan fingerprint density at radius 2 is 1.90 bits per heavy atom. The van der Waals surface area contributed by atoms with Crippen LogP contribution in [0.1, 0.15) is 11.4 Å². The molecule has 1 aromatic carbocycles. The maximum absolute atomic E-state index is 5.96. The number of halogens is 1. The molecule has 2 heterocycles. The quantitative estimate of drug-likeness (QED) is 0.801. The number of aromatic nitrogens is 2. The third kappa shape index (κ3) is 2.19. The van der Waals surface area contributed by atoms with Gasteiger partial charge in [-0.25, -0.2) is 4.98 Å². The van der Waals surface area contributed by atoms with E-state index in [-0.39, 0.29) is 0 Å². The van der Waals surface area contributed by atoms with Gasteiger partial charge in [-0.1, -0.05) is 29.8 Å². The Morgan fingerprint density at radius 1 is 1.15 bits per heavy atom. The van der Waals surface area contributed by atoms with Crippen LogP contribution in [0.5, 0.6) is 0 Å². The molecule has 3 rings (SSSR count). The Labute approximate surface area is 123 Å². The monoisotopic (exact) mass is 285 g/mol. The van der Waals surface area contributed by atoms with E-state index in [4.69, 9.17) is 22.3 Å². The van der Waals surface area contributed by atoms with E-state index < -0.39 is 0 Å². The number of hydrogen-bond donors (Lipinski definition) is 1. The summed E-state index contributed by atoms with van der Waals surface area (Å²) in [4.78, 5) is 4.76. The molecule has 3 aromatic rings. The lowest BCUT2D eigenvalue weighted by atomic mass is 10.1. The van der Waals surface area contributed by atoms with Crippen molar-refractivity contribution in [2.24, 2.45) is 5.73 Å². The summed E-state index contributed by atoms with van der Waals surface area (Å²) in [6, 6.07) is 13.9. The van der Waals surface area contributed by atoms with Crippen molar-refractivity contribution in [2.45, 2.75) is 13.3 Å². The minimum Gasteiger partial charge on any atom is -0.330 e. The zero-order valence-electron chi connectivity index (χ0n) is 11.3. The highest BCUT2D eigenvalue weighted by Crippen LogP contribution is 2.27. The van der Waals surface area contributed by atoms with Crippen molar-refractivity contribution in [1.82, 2.24) is 9.38 Å². The molecular formula is C16H16ClN3. The third-order valence-corrected chi connectivity index (χ3v) is 3.68. The standard InChI is InChI=1S/C16H16ClN3/c1-11-3-2-4-15-19-16(14(9-10-18)20(11)15)12-5-7-13(17)8-6-12/h2-8H,9-10,18H2,1H3. The zero-order valence-corrected chi connectivity index (χ0v) is 12.1. The summed E-state index contributed by atoms with van der Waals surface area (Å²) >= 11 is 5.96. The molecule has 0 aliphatic rings. The molecule has 0 atom stereocenters. The van der Waals surface area contributed by atoms with Crippen LogP contribution in [0.2, 0.25) is 5.02 Å². The molecule has 0 aliphatic carbocycles. The first-order chi connectivity index (χ1) is 9.70. The fourth-order valence-corrected chi connectivity index (χ4v) is 2.66. The van der Waals surface area contributed by atoms with Gasteiger partial charge < -0.3 is 10.1 Å². The second kappa shape index (κ2) is 5.27. The molecule has 0 fully saturated rings. The number of benzene rings is 1. The van der Waals surface area contributed by atoms with E-state index in [1.54, 1.807) is 0 Å². The summed E-state index contributed by atoms with van der Waals surface area (Å²) in [7, 11) is 0. The molecule has 0 unspecified atom stereocenters. The highest BCUT2D eigenvalue weighted by Gasteiger charge is 2.14. The van der Waals surface area contributed by atoms with Crippen LogP contribution in [0.4, 0.5) is 0 Å². The molecule has 2 N–H and O–H groups in total. The van der Waals surface area contributed by atoms with Gasteiger partial charge in [0.2, 0.25) is 0 Å². The summed E-state index contributed by atoms with van der Waals surface area (Å²) in [6.07, 6.45) is 0.796. The van der Waals surface area contributed by atoms with E-state index in [1.165, 1.54) is 5.69 Å². The molecule has 0 radical (unpaired) electrons. The normalized spacial score (nSPS) is 11.2. The highest BCUT2D eigenvalue weighted by atomic mass is 35.5. The molecule has 20 heavy (non-hydrogen) atoms. The first-order valence-corrected chi connectivity index (χ1v) is 7.01. The Kier molecular flexibility index (Phi) is 3.47. The van der Waals surface area contributed by atoms with Crippen molar-refractivity contribution in [3.63, 3.8) is 0 Å². The first-order valence-electron chi connectivity index (χ1n) is 6.63. The van der Waals surface area contributed by atoms with Gasteiger partial charge >= 0.3 is 0 Å². The van der Waals surface area contributed by atoms with Gasteiger partial charge in [-0.15, -0.1) is 0 Å². The lowest BCUT2D eigenvalue weighted by Crippen LogP contribution is -2.07. The van der Waals surface area contributed by atoms with Gasteiger partial charge in [0.15, 0.2) is 0 Å². The predicted molar refractivity (Wildman–Crippen MR) is 83.1 cm³/mol. The molecule has 0 aliphatic heterocycles. The average molecular weight is 286 g/mol. The van der Waals surface area contributed by atoms with E-state index in [0.717, 1.165) is 34.0 Å². The second-order valence-electron chi connectivity index (χ2n) is 4.81. The number of nitrogens with two attached hydrogens (primary N) is 1. The molecule has 0 amide bonds. The number of imidazole rings is 1. The highest BCUT2D eigenvalue weighted by molar-refractivity contribution is 6.30. The van der Waals surface area contributed by atoms with Gasteiger partial charge in [0.05, 0.1) is 11.4 Å². The molecular weight excluding hydrogens is 270 g/mol. The van der Waals surface area contributed by atoms with E-state index in [0.29, 0.717) is 6.54 Å². The van der Waals surface area contributed by atoms with Crippen molar-refractivity contribution in [1.29, 1.82) is 0 Å². The van der Waals surface area contributed by atoms with Gasteiger partial charge in [-0.05, 0) is 37.7 Å². The minimum atomic E-state index is 0.600. The van der Waals surface area contributed by atoms with Gasteiger partial charge in [-0.2, -0.15) is 0 Å².